The molecule has 2 N–H and O–H groups in total. The molecule has 0 spiro atoms. The van der Waals surface area contributed by atoms with Gasteiger partial charge in [-0.05, 0) is 61.4 Å². The molecule has 2 aliphatic heterocycles. The first-order valence-electron chi connectivity index (χ1n) is 12.5. The summed E-state index contributed by atoms with van der Waals surface area (Å²) in [5.41, 5.74) is 1.27. The molecule has 2 unspecified atom stereocenters. The fourth-order valence-corrected chi connectivity index (χ4v) is 4.48. The molecule has 4 rings (SSSR count). The summed E-state index contributed by atoms with van der Waals surface area (Å²) in [6, 6.07) is 11.7. The van der Waals surface area contributed by atoms with Gasteiger partial charge in [-0.15, -0.1) is 0 Å². The minimum atomic E-state index is -0.882. The van der Waals surface area contributed by atoms with Crippen molar-refractivity contribution in [1.82, 2.24) is 15.1 Å². The number of carbonyl (C=O) groups is 4. The number of urea groups is 1. The normalized spacial score (nSPS) is 19.0. The number of carbonyl (C=O) groups excluding carboxylic acids is 4. The molecular weight excluding hydrogens is 492 g/mol. The third kappa shape index (κ3) is 6.41. The molecule has 2 heterocycles. The van der Waals surface area contributed by atoms with Crippen LogP contribution in [0.5, 0.6) is 5.75 Å². The molecule has 2 saturated heterocycles. The quantitative estimate of drug-likeness (QED) is 0.532. The van der Waals surface area contributed by atoms with E-state index in [-0.39, 0.29) is 37.6 Å². The van der Waals surface area contributed by atoms with Gasteiger partial charge in [0.1, 0.15) is 11.8 Å². The van der Waals surface area contributed by atoms with Crippen molar-refractivity contribution in [3.05, 3.63) is 59.7 Å². The summed E-state index contributed by atoms with van der Waals surface area (Å²) < 4.78 is 15.5. The van der Waals surface area contributed by atoms with E-state index < -0.39 is 18.0 Å². The molecule has 0 saturated carbocycles. The summed E-state index contributed by atoms with van der Waals surface area (Å²) in [6.07, 6.45) is 1.75. The lowest BCUT2D eigenvalue weighted by molar-refractivity contribution is -0.127. The molecule has 2 fully saturated rings. The highest BCUT2D eigenvalue weighted by Crippen LogP contribution is 2.19. The molecule has 2 aromatic rings. The van der Waals surface area contributed by atoms with E-state index in [9.17, 15) is 19.2 Å². The lowest BCUT2D eigenvalue weighted by Crippen LogP contribution is -2.62. The van der Waals surface area contributed by atoms with E-state index >= 15 is 0 Å². The van der Waals surface area contributed by atoms with Gasteiger partial charge in [0.05, 0.1) is 32.4 Å². The average molecular weight is 525 g/mol. The third-order valence-electron chi connectivity index (χ3n) is 6.65. The van der Waals surface area contributed by atoms with Crippen LogP contribution < -0.4 is 15.4 Å². The van der Waals surface area contributed by atoms with E-state index in [0.29, 0.717) is 35.7 Å². The number of piperazine rings is 1. The summed E-state index contributed by atoms with van der Waals surface area (Å²) in [4.78, 5) is 54.4. The Bertz CT molecular complexity index is 1150. The molecule has 0 aromatic heterocycles. The number of benzene rings is 2. The molecule has 11 nitrogen and oxygen atoms in total. The van der Waals surface area contributed by atoms with Crippen LogP contribution in [-0.4, -0.2) is 92.8 Å². The lowest BCUT2D eigenvalue weighted by atomic mass is 10.1. The number of nitrogens with zero attached hydrogens (tertiary/aromatic N) is 2. The Morgan fingerprint density at radius 3 is 2.32 bits per heavy atom. The molecule has 0 aliphatic carbocycles. The minimum absolute atomic E-state index is 0.0192. The van der Waals surface area contributed by atoms with Gasteiger partial charge in [0.15, 0.2) is 0 Å². The van der Waals surface area contributed by atoms with E-state index in [1.165, 1.54) is 16.9 Å². The van der Waals surface area contributed by atoms with Crippen LogP contribution in [0.4, 0.5) is 10.5 Å². The Labute approximate surface area is 221 Å². The second-order valence-corrected chi connectivity index (χ2v) is 9.07. The van der Waals surface area contributed by atoms with Crippen LogP contribution in [-0.2, 0) is 14.3 Å². The maximum atomic E-state index is 13.4. The maximum Gasteiger partial charge on any atom is 0.337 e. The first kappa shape index (κ1) is 26.9. The fraction of sp³-hybridized carbons (Fsp3) is 0.407. The number of esters is 1. The van der Waals surface area contributed by atoms with Crippen molar-refractivity contribution >= 4 is 29.5 Å². The predicted molar refractivity (Wildman–Crippen MR) is 138 cm³/mol. The topological polar surface area (TPSA) is 127 Å². The van der Waals surface area contributed by atoms with Gasteiger partial charge in [0, 0.05) is 37.5 Å². The zero-order valence-corrected chi connectivity index (χ0v) is 21.5. The van der Waals surface area contributed by atoms with Gasteiger partial charge in [-0.25, -0.2) is 9.59 Å². The SMILES string of the molecule is COC(=O)c1ccc(NC(=O)N2CCN(C(=O)c3ccc(OC)cc3)C(C(=O)NCC3CCCO3)C2)cc1. The monoisotopic (exact) mass is 524 g/mol. The second-order valence-electron chi connectivity index (χ2n) is 9.07. The number of anilines is 1. The van der Waals surface area contributed by atoms with Crippen molar-refractivity contribution in [3.8, 4) is 5.75 Å². The summed E-state index contributed by atoms with van der Waals surface area (Å²) in [6.45, 7) is 1.45. The van der Waals surface area contributed by atoms with Gasteiger partial charge >= 0.3 is 12.0 Å². The highest BCUT2D eigenvalue weighted by Gasteiger charge is 2.37. The smallest absolute Gasteiger partial charge is 0.337 e. The molecule has 38 heavy (non-hydrogen) atoms. The summed E-state index contributed by atoms with van der Waals surface area (Å²) in [5, 5.41) is 5.69. The molecule has 2 aromatic carbocycles. The molecule has 2 atom stereocenters. The highest BCUT2D eigenvalue weighted by molar-refractivity contribution is 5.99. The van der Waals surface area contributed by atoms with Gasteiger partial charge in [-0.3, -0.25) is 9.59 Å². The number of rotatable bonds is 7. The van der Waals surface area contributed by atoms with Crippen LogP contribution >= 0.6 is 0 Å². The van der Waals surface area contributed by atoms with E-state index in [1.54, 1.807) is 55.6 Å². The van der Waals surface area contributed by atoms with Crippen molar-refractivity contribution in [2.45, 2.75) is 25.0 Å². The first-order valence-corrected chi connectivity index (χ1v) is 12.5. The maximum absolute atomic E-state index is 13.4. The molecule has 4 amide bonds. The molecule has 202 valence electrons. The van der Waals surface area contributed by atoms with Gasteiger partial charge in [-0.2, -0.15) is 0 Å². The van der Waals surface area contributed by atoms with E-state index in [0.717, 1.165) is 12.8 Å². The molecule has 0 bridgehead atoms. The van der Waals surface area contributed by atoms with Crippen LogP contribution in [0.25, 0.3) is 0 Å². The third-order valence-corrected chi connectivity index (χ3v) is 6.65. The number of ether oxygens (including phenoxy) is 3. The Balaban J connectivity index is 1.46. The summed E-state index contributed by atoms with van der Waals surface area (Å²) in [5.74, 6) is -0.503. The van der Waals surface area contributed by atoms with Crippen LogP contribution in [0.2, 0.25) is 0 Å². The van der Waals surface area contributed by atoms with Gasteiger partial charge in [0.2, 0.25) is 5.91 Å². The van der Waals surface area contributed by atoms with Crippen molar-refractivity contribution in [2.75, 3.05) is 52.3 Å². The molecule has 11 heteroatoms. The number of nitrogens with one attached hydrogen (secondary N) is 2. The Hall–Kier alpha value is -4.12. The highest BCUT2D eigenvalue weighted by atomic mass is 16.5. The minimum Gasteiger partial charge on any atom is -0.497 e. The Morgan fingerprint density at radius 1 is 0.974 bits per heavy atom. The standard InChI is InChI=1S/C27H32N4O7/c1-36-21-11-7-18(8-12-21)25(33)31-14-13-30(17-23(31)24(32)28-16-22-4-3-15-38-22)27(35)29-20-9-5-19(6-10-20)26(34)37-2/h5-12,22-23H,3-4,13-17H2,1-2H3,(H,28,32)(H,29,35). The zero-order valence-electron chi connectivity index (χ0n) is 21.5. The van der Waals surface area contributed by atoms with Crippen LogP contribution in [0.15, 0.2) is 48.5 Å². The zero-order chi connectivity index (χ0) is 27.1. The largest absolute Gasteiger partial charge is 0.497 e. The van der Waals surface area contributed by atoms with Gasteiger partial charge < -0.3 is 34.6 Å². The molecular formula is C27H32N4O7. The predicted octanol–water partition coefficient (Wildman–Crippen LogP) is 2.14. The second kappa shape index (κ2) is 12.4. The van der Waals surface area contributed by atoms with E-state index in [4.69, 9.17) is 14.2 Å². The van der Waals surface area contributed by atoms with E-state index in [2.05, 4.69) is 10.6 Å². The summed E-state index contributed by atoms with van der Waals surface area (Å²) >= 11 is 0. The molecule has 0 radical (unpaired) electrons. The number of hydrogen-bond acceptors (Lipinski definition) is 7. The van der Waals surface area contributed by atoms with Crippen LogP contribution in [0.3, 0.4) is 0 Å². The van der Waals surface area contributed by atoms with Crippen molar-refractivity contribution in [3.63, 3.8) is 0 Å². The molecule has 2 aliphatic rings. The van der Waals surface area contributed by atoms with Crippen LogP contribution in [0.1, 0.15) is 33.6 Å². The average Bonchev–Trinajstić information content (AvgIpc) is 3.49. The first-order chi connectivity index (χ1) is 18.4. The lowest BCUT2D eigenvalue weighted by Gasteiger charge is -2.40. The number of amides is 4. The van der Waals surface area contributed by atoms with Gasteiger partial charge in [-0.1, -0.05) is 0 Å². The van der Waals surface area contributed by atoms with Crippen molar-refractivity contribution in [1.29, 1.82) is 0 Å². The Morgan fingerprint density at radius 2 is 1.68 bits per heavy atom. The van der Waals surface area contributed by atoms with Crippen molar-refractivity contribution in [2.24, 2.45) is 0 Å². The number of hydrogen-bond donors (Lipinski definition) is 2. The van der Waals surface area contributed by atoms with E-state index in [1.807, 2.05) is 0 Å². The Kier molecular flexibility index (Phi) is 8.80. The van der Waals surface area contributed by atoms with Gasteiger partial charge in [0.25, 0.3) is 5.91 Å². The van der Waals surface area contributed by atoms with Crippen molar-refractivity contribution < 1.29 is 33.4 Å². The van der Waals surface area contributed by atoms with Crippen LogP contribution in [0, 0.1) is 0 Å². The number of methoxy groups -OCH3 is 2. The fourth-order valence-electron chi connectivity index (χ4n) is 4.48. The summed E-state index contributed by atoms with van der Waals surface area (Å²) in [7, 11) is 2.84.